The topological polar surface area (TPSA) is 109 Å². The van der Waals surface area contributed by atoms with E-state index in [1.54, 1.807) is 48.3 Å². The molecule has 9 nitrogen and oxygen atoms in total. The first-order chi connectivity index (χ1) is 17.4. The van der Waals surface area contributed by atoms with Crippen molar-refractivity contribution in [3.8, 4) is 17.2 Å². The monoisotopic (exact) mass is 521 g/mol. The largest absolute Gasteiger partial charge is 0.435 e. The molecule has 3 aromatic rings. The van der Waals surface area contributed by atoms with Gasteiger partial charge in [-0.3, -0.25) is 19.0 Å². The minimum absolute atomic E-state index is 0.0741. The van der Waals surface area contributed by atoms with Gasteiger partial charge in [-0.05, 0) is 11.1 Å². The van der Waals surface area contributed by atoms with Gasteiger partial charge in [0.15, 0.2) is 5.69 Å². The van der Waals surface area contributed by atoms with Gasteiger partial charge in [0.25, 0.3) is 11.8 Å². The average molecular weight is 521 g/mol. The van der Waals surface area contributed by atoms with Crippen LogP contribution in [0.15, 0.2) is 42.9 Å². The fraction of sp³-hybridized carbons (Fsp3) is 0.348. The van der Waals surface area contributed by atoms with E-state index in [1.807, 2.05) is 11.5 Å². The van der Waals surface area contributed by atoms with Crippen LogP contribution in [0.3, 0.4) is 0 Å². The lowest BCUT2D eigenvalue weighted by molar-refractivity contribution is -0.141. The molecular formula is C23H20F5N7O2. The molecule has 1 aliphatic heterocycles. The molecule has 0 radical (unpaired) electrons. The number of benzene rings is 1. The second-order valence-electron chi connectivity index (χ2n) is 8.60. The zero-order valence-electron chi connectivity index (χ0n) is 19.3. The molecule has 1 aromatic carbocycles. The van der Waals surface area contributed by atoms with E-state index >= 15 is 0 Å². The molecule has 14 heteroatoms. The molecule has 4 rings (SSSR count). The molecule has 0 bridgehead atoms. The van der Waals surface area contributed by atoms with Crippen LogP contribution in [0.1, 0.15) is 28.0 Å². The van der Waals surface area contributed by atoms with Crippen molar-refractivity contribution in [1.82, 2.24) is 29.8 Å². The Bertz CT molecular complexity index is 1350. The molecule has 0 aliphatic carbocycles. The van der Waals surface area contributed by atoms with E-state index in [-0.39, 0.29) is 6.54 Å². The number of carbonyl (C=O) groups excluding carboxylic acids is 2. The first-order valence-corrected chi connectivity index (χ1v) is 10.9. The van der Waals surface area contributed by atoms with Gasteiger partial charge in [-0.15, -0.1) is 0 Å². The maximum Gasteiger partial charge on any atom is 0.435 e. The highest BCUT2D eigenvalue weighted by Crippen LogP contribution is 2.32. The normalized spacial score (nSPS) is 17.0. The fourth-order valence-corrected chi connectivity index (χ4v) is 3.98. The predicted molar refractivity (Wildman–Crippen MR) is 118 cm³/mol. The highest BCUT2D eigenvalue weighted by molar-refractivity contribution is 5.97. The van der Waals surface area contributed by atoms with E-state index in [4.69, 9.17) is 5.26 Å². The van der Waals surface area contributed by atoms with Crippen molar-refractivity contribution in [3.05, 3.63) is 59.7 Å². The number of alkyl halides is 5. The SMILES string of the molecule is Cn1cc(-c2ccc(Cn3cc(C(=O)NCC(=O)N4CC(F)(F)C[C@H]4C#N)c(C(F)(F)F)n3)cc2)cn1. The Morgan fingerprint density at radius 1 is 1.19 bits per heavy atom. The lowest BCUT2D eigenvalue weighted by Gasteiger charge is -2.19. The van der Waals surface area contributed by atoms with Crippen molar-refractivity contribution < 1.29 is 31.5 Å². The van der Waals surface area contributed by atoms with Crippen LogP contribution in [0.2, 0.25) is 0 Å². The molecule has 1 fully saturated rings. The van der Waals surface area contributed by atoms with Crippen molar-refractivity contribution in [1.29, 1.82) is 5.26 Å². The standard InChI is InChI=1S/C23H20F5N7O2/c1-33-11-16(8-31-33)15-4-2-14(3-5-15)10-34-12-18(20(32-34)23(26,27)28)21(37)30-9-19(36)35-13-22(24,25)6-17(35)7-29/h2-5,8,11-12,17H,6,9-10,13H2,1H3,(H,30,37)/t17-/m0/s1. The molecule has 0 spiro atoms. The van der Waals surface area contributed by atoms with Gasteiger partial charge < -0.3 is 10.2 Å². The summed E-state index contributed by atoms with van der Waals surface area (Å²) in [6.07, 6.45) is -1.43. The summed E-state index contributed by atoms with van der Waals surface area (Å²) in [5.74, 6) is -5.52. The smallest absolute Gasteiger partial charge is 0.343 e. The van der Waals surface area contributed by atoms with Crippen molar-refractivity contribution in [2.24, 2.45) is 7.05 Å². The maximum absolute atomic E-state index is 13.6. The maximum atomic E-state index is 13.6. The highest BCUT2D eigenvalue weighted by Gasteiger charge is 2.47. The minimum atomic E-state index is -4.96. The van der Waals surface area contributed by atoms with Crippen LogP contribution >= 0.6 is 0 Å². The number of rotatable bonds is 6. The number of carbonyl (C=O) groups is 2. The number of amides is 2. The summed E-state index contributed by atoms with van der Waals surface area (Å²) in [6, 6.07) is 7.14. The van der Waals surface area contributed by atoms with Crippen LogP contribution in [-0.2, 0) is 24.6 Å². The quantitative estimate of drug-likeness (QED) is 0.502. The minimum Gasteiger partial charge on any atom is -0.343 e. The Labute approximate surface area is 207 Å². The molecule has 1 N–H and O–H groups in total. The van der Waals surface area contributed by atoms with Crippen LogP contribution in [0.4, 0.5) is 22.0 Å². The van der Waals surface area contributed by atoms with Crippen molar-refractivity contribution in [3.63, 3.8) is 0 Å². The number of aromatic nitrogens is 4. The van der Waals surface area contributed by atoms with E-state index in [9.17, 15) is 31.5 Å². The van der Waals surface area contributed by atoms with Gasteiger partial charge in [0, 0.05) is 31.4 Å². The molecule has 37 heavy (non-hydrogen) atoms. The molecule has 3 heterocycles. The summed E-state index contributed by atoms with van der Waals surface area (Å²) in [6.45, 7) is -1.94. The van der Waals surface area contributed by atoms with E-state index in [1.165, 1.54) is 0 Å². The molecule has 1 atom stereocenters. The zero-order valence-corrected chi connectivity index (χ0v) is 19.3. The molecule has 2 aromatic heterocycles. The Balaban J connectivity index is 1.47. The number of nitriles is 1. The highest BCUT2D eigenvalue weighted by atomic mass is 19.4. The lowest BCUT2D eigenvalue weighted by Crippen LogP contribution is -2.43. The number of nitrogens with zero attached hydrogens (tertiary/aromatic N) is 6. The average Bonchev–Trinajstić information content (AvgIpc) is 3.54. The van der Waals surface area contributed by atoms with E-state index < -0.39 is 60.7 Å². The number of hydrogen-bond acceptors (Lipinski definition) is 5. The van der Waals surface area contributed by atoms with E-state index in [2.05, 4.69) is 10.2 Å². The van der Waals surface area contributed by atoms with Gasteiger partial charge in [-0.1, -0.05) is 24.3 Å². The summed E-state index contributed by atoms with van der Waals surface area (Å²) >= 11 is 0. The second-order valence-corrected chi connectivity index (χ2v) is 8.60. The van der Waals surface area contributed by atoms with Crippen LogP contribution < -0.4 is 5.32 Å². The third-order valence-corrected chi connectivity index (χ3v) is 5.75. The van der Waals surface area contributed by atoms with Gasteiger partial charge in [0.05, 0.1) is 37.5 Å². The predicted octanol–water partition coefficient (Wildman–Crippen LogP) is 2.84. The summed E-state index contributed by atoms with van der Waals surface area (Å²) in [5, 5.41) is 18.6. The van der Waals surface area contributed by atoms with Crippen LogP contribution in [0.25, 0.3) is 11.1 Å². The van der Waals surface area contributed by atoms with Crippen LogP contribution in [0, 0.1) is 11.3 Å². The van der Waals surface area contributed by atoms with E-state index in [0.717, 1.165) is 22.0 Å². The molecule has 1 aliphatic rings. The molecule has 0 saturated carbocycles. The van der Waals surface area contributed by atoms with Crippen molar-refractivity contribution in [2.75, 3.05) is 13.1 Å². The van der Waals surface area contributed by atoms with Crippen molar-refractivity contribution in [2.45, 2.75) is 31.1 Å². The van der Waals surface area contributed by atoms with Gasteiger partial charge in [0.2, 0.25) is 5.91 Å². The first-order valence-electron chi connectivity index (χ1n) is 10.9. The van der Waals surface area contributed by atoms with Crippen LogP contribution in [-0.4, -0.2) is 61.3 Å². The molecule has 0 unspecified atom stereocenters. The Kier molecular flexibility index (Phi) is 6.72. The zero-order chi connectivity index (χ0) is 27.0. The Hall–Kier alpha value is -4.28. The molecule has 194 valence electrons. The summed E-state index contributed by atoms with van der Waals surface area (Å²) in [5.41, 5.74) is 0.0542. The first kappa shape index (κ1) is 25.8. The molecular weight excluding hydrogens is 501 g/mol. The summed E-state index contributed by atoms with van der Waals surface area (Å²) in [4.78, 5) is 25.4. The lowest BCUT2D eigenvalue weighted by atomic mass is 10.1. The van der Waals surface area contributed by atoms with Gasteiger partial charge in [-0.25, -0.2) is 8.78 Å². The third-order valence-electron chi connectivity index (χ3n) is 5.75. The number of nitrogens with one attached hydrogen (secondary N) is 1. The van der Waals surface area contributed by atoms with Gasteiger partial charge in [-0.2, -0.15) is 28.6 Å². The number of aryl methyl sites for hydroxylation is 1. The fourth-order valence-electron chi connectivity index (χ4n) is 3.98. The summed E-state index contributed by atoms with van der Waals surface area (Å²) < 4.78 is 70.4. The number of hydrogen-bond donors (Lipinski definition) is 1. The van der Waals surface area contributed by atoms with Gasteiger partial charge >= 0.3 is 6.18 Å². The number of halogens is 5. The molecule has 1 saturated heterocycles. The van der Waals surface area contributed by atoms with E-state index in [0.29, 0.717) is 10.5 Å². The summed E-state index contributed by atoms with van der Waals surface area (Å²) in [7, 11) is 1.77. The van der Waals surface area contributed by atoms with Gasteiger partial charge in [0.1, 0.15) is 6.04 Å². The molecule has 2 amide bonds. The Morgan fingerprint density at radius 2 is 1.89 bits per heavy atom. The van der Waals surface area contributed by atoms with Crippen molar-refractivity contribution >= 4 is 11.8 Å². The number of likely N-dealkylation sites (tertiary alicyclic amines) is 1. The third kappa shape index (κ3) is 5.76. The van der Waals surface area contributed by atoms with Crippen LogP contribution in [0.5, 0.6) is 0 Å². The Morgan fingerprint density at radius 3 is 2.49 bits per heavy atom. The second kappa shape index (κ2) is 9.64.